The van der Waals surface area contributed by atoms with Crippen LogP contribution < -0.4 is 5.32 Å². The number of rotatable bonds is 5. The summed E-state index contributed by atoms with van der Waals surface area (Å²) in [6.45, 7) is 4.80. The highest BCUT2D eigenvalue weighted by Crippen LogP contribution is 2.24. The van der Waals surface area contributed by atoms with Gasteiger partial charge in [0.15, 0.2) is 0 Å². The number of nitrogens with zero attached hydrogens (tertiary/aromatic N) is 1. The smallest absolute Gasteiger partial charge is 0.245 e. The Morgan fingerprint density at radius 2 is 1.88 bits per heavy atom. The zero-order valence-electron chi connectivity index (χ0n) is 14.7. The number of hydrogen-bond donors (Lipinski definition) is 2. The molecule has 0 bridgehead atoms. The van der Waals surface area contributed by atoms with Crippen LogP contribution in [0.25, 0.3) is 10.8 Å². The van der Waals surface area contributed by atoms with E-state index in [2.05, 4.69) is 11.9 Å². The normalized spacial score (nSPS) is 16.3. The number of fused-ring (bicyclic) bond motifs is 1. The number of amides is 2. The molecule has 0 aromatic heterocycles. The number of carbonyl (C=O) groups excluding carboxylic acids is 2. The van der Waals surface area contributed by atoms with E-state index in [-0.39, 0.29) is 24.3 Å². The van der Waals surface area contributed by atoms with Crippen molar-refractivity contribution in [2.45, 2.75) is 18.9 Å². The minimum Gasteiger partial charge on any atom is -0.387 e. The zero-order valence-corrected chi connectivity index (χ0v) is 14.7. The minimum absolute atomic E-state index is 0.0602. The summed E-state index contributed by atoms with van der Waals surface area (Å²) in [4.78, 5) is 25.7. The molecule has 2 aromatic rings. The van der Waals surface area contributed by atoms with Crippen LogP contribution in [-0.2, 0) is 9.59 Å². The Balaban J connectivity index is 1.56. The Kier molecular flexibility index (Phi) is 5.68. The molecule has 1 fully saturated rings. The summed E-state index contributed by atoms with van der Waals surface area (Å²) in [7, 11) is 0. The van der Waals surface area contributed by atoms with Crippen molar-refractivity contribution in [3.8, 4) is 0 Å². The van der Waals surface area contributed by atoms with E-state index in [1.165, 1.54) is 6.08 Å². The predicted octanol–water partition coefficient (Wildman–Crippen LogP) is 2.41. The molecule has 26 heavy (non-hydrogen) atoms. The standard InChI is InChI=1S/C21H24N2O3/c1-2-20(25)23-12-10-16(11-13-23)21(26)22-14-19(24)18-9-5-7-15-6-3-4-8-17(15)18/h2-9,16,19,24H,1,10-14H2,(H,22,26). The summed E-state index contributed by atoms with van der Waals surface area (Å²) in [6.07, 6.45) is 1.82. The van der Waals surface area contributed by atoms with Crippen LogP contribution in [0.4, 0.5) is 0 Å². The van der Waals surface area contributed by atoms with E-state index in [9.17, 15) is 14.7 Å². The Morgan fingerprint density at radius 1 is 1.19 bits per heavy atom. The van der Waals surface area contributed by atoms with Crippen molar-refractivity contribution in [1.82, 2.24) is 10.2 Å². The lowest BCUT2D eigenvalue weighted by molar-refractivity contribution is -0.132. The third kappa shape index (κ3) is 3.94. The van der Waals surface area contributed by atoms with Gasteiger partial charge in [-0.1, -0.05) is 49.0 Å². The molecule has 5 nitrogen and oxygen atoms in total. The van der Waals surface area contributed by atoms with Crippen molar-refractivity contribution in [3.05, 3.63) is 60.7 Å². The summed E-state index contributed by atoms with van der Waals surface area (Å²) in [6, 6.07) is 13.7. The SMILES string of the molecule is C=CC(=O)N1CCC(C(=O)NCC(O)c2cccc3ccccc23)CC1. The Bertz CT molecular complexity index is 805. The van der Waals surface area contributed by atoms with E-state index in [1.54, 1.807) is 4.90 Å². The van der Waals surface area contributed by atoms with Crippen molar-refractivity contribution in [2.24, 2.45) is 5.92 Å². The first kappa shape index (κ1) is 18.1. The summed E-state index contributed by atoms with van der Waals surface area (Å²) in [5, 5.41) is 15.5. The van der Waals surface area contributed by atoms with Crippen LogP contribution in [0, 0.1) is 5.92 Å². The molecule has 0 radical (unpaired) electrons. The monoisotopic (exact) mass is 352 g/mol. The van der Waals surface area contributed by atoms with Gasteiger partial charge in [-0.15, -0.1) is 0 Å². The average molecular weight is 352 g/mol. The van der Waals surface area contributed by atoms with E-state index < -0.39 is 6.10 Å². The first-order chi connectivity index (χ1) is 12.6. The van der Waals surface area contributed by atoms with Gasteiger partial charge in [-0.2, -0.15) is 0 Å². The van der Waals surface area contributed by atoms with Gasteiger partial charge >= 0.3 is 0 Å². The molecule has 0 aliphatic carbocycles. The number of hydrogen-bond acceptors (Lipinski definition) is 3. The fourth-order valence-electron chi connectivity index (χ4n) is 3.48. The average Bonchev–Trinajstić information content (AvgIpc) is 2.70. The van der Waals surface area contributed by atoms with E-state index >= 15 is 0 Å². The lowest BCUT2D eigenvalue weighted by atomic mass is 9.95. The summed E-state index contributed by atoms with van der Waals surface area (Å²) < 4.78 is 0. The molecule has 1 aliphatic rings. The number of aliphatic hydroxyl groups excluding tert-OH is 1. The molecular formula is C21H24N2O3. The Labute approximate surface area is 153 Å². The van der Waals surface area contributed by atoms with E-state index in [0.717, 1.165) is 16.3 Å². The summed E-state index contributed by atoms with van der Waals surface area (Å²) in [5.41, 5.74) is 0.815. The first-order valence-corrected chi connectivity index (χ1v) is 8.95. The molecule has 2 amide bonds. The zero-order chi connectivity index (χ0) is 18.5. The van der Waals surface area contributed by atoms with Crippen LogP contribution in [0.2, 0.25) is 0 Å². The quantitative estimate of drug-likeness (QED) is 0.812. The van der Waals surface area contributed by atoms with Crippen molar-refractivity contribution in [2.75, 3.05) is 19.6 Å². The highest BCUT2D eigenvalue weighted by Gasteiger charge is 2.26. The van der Waals surface area contributed by atoms with Crippen molar-refractivity contribution in [3.63, 3.8) is 0 Å². The highest BCUT2D eigenvalue weighted by atomic mass is 16.3. The van der Waals surface area contributed by atoms with Crippen LogP contribution in [0.3, 0.4) is 0 Å². The molecular weight excluding hydrogens is 328 g/mol. The highest BCUT2D eigenvalue weighted by molar-refractivity contribution is 5.87. The first-order valence-electron chi connectivity index (χ1n) is 8.95. The van der Waals surface area contributed by atoms with Crippen molar-refractivity contribution >= 4 is 22.6 Å². The van der Waals surface area contributed by atoms with Gasteiger partial charge in [-0.3, -0.25) is 9.59 Å². The largest absolute Gasteiger partial charge is 0.387 e. The summed E-state index contributed by atoms with van der Waals surface area (Å²) >= 11 is 0. The van der Waals surface area contributed by atoms with Crippen LogP contribution >= 0.6 is 0 Å². The topological polar surface area (TPSA) is 69.6 Å². The van der Waals surface area contributed by atoms with Crippen LogP contribution in [0.5, 0.6) is 0 Å². The van der Waals surface area contributed by atoms with Crippen LogP contribution in [0.1, 0.15) is 24.5 Å². The molecule has 5 heteroatoms. The molecule has 1 heterocycles. The Hall–Kier alpha value is -2.66. The maximum absolute atomic E-state index is 12.4. The maximum atomic E-state index is 12.4. The minimum atomic E-state index is -0.757. The number of piperidine rings is 1. The molecule has 1 saturated heterocycles. The van der Waals surface area contributed by atoms with Gasteiger partial charge in [-0.25, -0.2) is 0 Å². The fraction of sp³-hybridized carbons (Fsp3) is 0.333. The second kappa shape index (κ2) is 8.15. The second-order valence-electron chi connectivity index (χ2n) is 6.63. The Morgan fingerprint density at radius 3 is 2.62 bits per heavy atom. The van der Waals surface area contributed by atoms with Gasteiger partial charge < -0.3 is 15.3 Å². The molecule has 3 rings (SSSR count). The van der Waals surface area contributed by atoms with E-state index in [0.29, 0.717) is 25.9 Å². The van der Waals surface area contributed by atoms with Crippen molar-refractivity contribution in [1.29, 1.82) is 0 Å². The molecule has 2 N–H and O–H groups in total. The van der Waals surface area contributed by atoms with Crippen molar-refractivity contribution < 1.29 is 14.7 Å². The number of likely N-dealkylation sites (tertiary alicyclic amines) is 1. The maximum Gasteiger partial charge on any atom is 0.245 e. The van der Waals surface area contributed by atoms with Crippen LogP contribution in [-0.4, -0.2) is 41.5 Å². The van der Waals surface area contributed by atoms with E-state index in [1.807, 2.05) is 42.5 Å². The lowest BCUT2D eigenvalue weighted by Crippen LogP contribution is -2.43. The number of benzene rings is 2. The number of nitrogens with one attached hydrogen (secondary N) is 1. The molecule has 2 aromatic carbocycles. The lowest BCUT2D eigenvalue weighted by Gasteiger charge is -2.30. The summed E-state index contributed by atoms with van der Waals surface area (Å²) in [5.74, 6) is -0.270. The third-order valence-corrected chi connectivity index (χ3v) is 5.00. The molecule has 1 atom stereocenters. The van der Waals surface area contributed by atoms with Gasteiger partial charge in [-0.05, 0) is 35.3 Å². The number of aliphatic hydroxyl groups is 1. The molecule has 136 valence electrons. The van der Waals surface area contributed by atoms with Crippen LogP contribution in [0.15, 0.2) is 55.1 Å². The van der Waals surface area contributed by atoms with Gasteiger partial charge in [0.05, 0.1) is 6.10 Å². The van der Waals surface area contributed by atoms with Gasteiger partial charge in [0.25, 0.3) is 0 Å². The van der Waals surface area contributed by atoms with E-state index in [4.69, 9.17) is 0 Å². The second-order valence-corrected chi connectivity index (χ2v) is 6.63. The number of carbonyl (C=O) groups is 2. The molecule has 0 saturated carbocycles. The third-order valence-electron chi connectivity index (χ3n) is 5.00. The predicted molar refractivity (Wildman–Crippen MR) is 101 cm³/mol. The van der Waals surface area contributed by atoms with Gasteiger partial charge in [0, 0.05) is 25.6 Å². The fourth-order valence-corrected chi connectivity index (χ4v) is 3.48. The van der Waals surface area contributed by atoms with Gasteiger partial charge in [0.1, 0.15) is 0 Å². The molecule has 0 spiro atoms. The molecule has 1 aliphatic heterocycles. The van der Waals surface area contributed by atoms with Gasteiger partial charge in [0.2, 0.25) is 11.8 Å². The molecule has 1 unspecified atom stereocenters.